The van der Waals surface area contributed by atoms with Crippen molar-refractivity contribution >= 4 is 17.4 Å². The topological polar surface area (TPSA) is 54.0 Å². The van der Waals surface area contributed by atoms with Gasteiger partial charge in [0.1, 0.15) is 11.5 Å². The number of nitrogens with zero attached hydrogens (tertiary/aromatic N) is 1. The van der Waals surface area contributed by atoms with Crippen LogP contribution in [0.15, 0.2) is 36.4 Å². The van der Waals surface area contributed by atoms with Gasteiger partial charge >= 0.3 is 0 Å². The van der Waals surface area contributed by atoms with Crippen LogP contribution in [-0.4, -0.2) is 16.9 Å². The summed E-state index contributed by atoms with van der Waals surface area (Å²) in [5.74, 6) is 0.503. The summed E-state index contributed by atoms with van der Waals surface area (Å²) < 4.78 is 0. The van der Waals surface area contributed by atoms with Crippen LogP contribution in [0, 0.1) is 13.8 Å². The summed E-state index contributed by atoms with van der Waals surface area (Å²) in [6.07, 6.45) is 0. The molecule has 1 aromatic carbocycles. The number of benzene rings is 1. The number of rotatable bonds is 4. The van der Waals surface area contributed by atoms with Gasteiger partial charge in [-0.15, -0.1) is 0 Å². The monoisotopic (exact) mass is 283 g/mol. The number of anilines is 2. The molecule has 21 heavy (non-hydrogen) atoms. The summed E-state index contributed by atoms with van der Waals surface area (Å²) in [5, 5.41) is 6.07. The fraction of sp³-hybridized carbons (Fsp3) is 0.294. The predicted molar refractivity (Wildman–Crippen MR) is 86.9 cm³/mol. The number of amides is 1. The smallest absolute Gasteiger partial charge is 0.274 e. The average molecular weight is 283 g/mol. The Labute approximate surface area is 125 Å². The highest BCUT2D eigenvalue weighted by molar-refractivity contribution is 6.03. The van der Waals surface area contributed by atoms with E-state index in [2.05, 4.69) is 15.6 Å². The second kappa shape index (κ2) is 6.39. The van der Waals surface area contributed by atoms with Crippen molar-refractivity contribution in [1.29, 1.82) is 0 Å². The lowest BCUT2D eigenvalue weighted by molar-refractivity contribution is 0.102. The lowest BCUT2D eigenvalue weighted by atomic mass is 10.1. The van der Waals surface area contributed by atoms with Gasteiger partial charge in [0.15, 0.2) is 0 Å². The van der Waals surface area contributed by atoms with Gasteiger partial charge in [-0.2, -0.15) is 0 Å². The standard InChI is InChI=1S/C17H21N3O/c1-11(2)18-16-7-5-6-15(20-16)17(21)19-14-9-8-12(3)13(4)10-14/h5-11H,1-4H3,(H,18,20)(H,19,21). The van der Waals surface area contributed by atoms with Crippen LogP contribution in [0.1, 0.15) is 35.5 Å². The van der Waals surface area contributed by atoms with Gasteiger partial charge in [0, 0.05) is 11.7 Å². The molecule has 4 nitrogen and oxygen atoms in total. The summed E-state index contributed by atoms with van der Waals surface area (Å²) in [7, 11) is 0. The van der Waals surface area contributed by atoms with E-state index in [1.54, 1.807) is 6.07 Å². The van der Waals surface area contributed by atoms with Crippen LogP contribution in [0.4, 0.5) is 11.5 Å². The Kier molecular flexibility index (Phi) is 4.58. The second-order valence-electron chi connectivity index (χ2n) is 5.46. The maximum atomic E-state index is 12.2. The first-order valence-corrected chi connectivity index (χ1v) is 7.08. The van der Waals surface area contributed by atoms with Crippen molar-refractivity contribution in [3.63, 3.8) is 0 Å². The van der Waals surface area contributed by atoms with Gasteiger partial charge in [-0.1, -0.05) is 12.1 Å². The molecule has 0 aliphatic heterocycles. The molecule has 0 radical (unpaired) electrons. The molecule has 0 saturated heterocycles. The molecule has 0 saturated carbocycles. The normalized spacial score (nSPS) is 10.5. The lowest BCUT2D eigenvalue weighted by Gasteiger charge is -2.11. The Morgan fingerprint density at radius 1 is 1.10 bits per heavy atom. The van der Waals surface area contributed by atoms with Crippen molar-refractivity contribution in [3.05, 3.63) is 53.2 Å². The summed E-state index contributed by atoms with van der Waals surface area (Å²) in [4.78, 5) is 16.6. The number of aryl methyl sites for hydroxylation is 2. The summed E-state index contributed by atoms with van der Waals surface area (Å²) in [6.45, 7) is 8.13. The number of hydrogen-bond donors (Lipinski definition) is 2. The Morgan fingerprint density at radius 2 is 1.86 bits per heavy atom. The highest BCUT2D eigenvalue weighted by atomic mass is 16.1. The molecule has 4 heteroatoms. The predicted octanol–water partition coefficient (Wildman–Crippen LogP) is 3.77. The van der Waals surface area contributed by atoms with Crippen molar-refractivity contribution < 1.29 is 4.79 Å². The van der Waals surface area contributed by atoms with E-state index in [-0.39, 0.29) is 11.9 Å². The van der Waals surface area contributed by atoms with Crippen LogP contribution in [0.2, 0.25) is 0 Å². The highest BCUT2D eigenvalue weighted by Crippen LogP contribution is 2.15. The minimum Gasteiger partial charge on any atom is -0.368 e. The van der Waals surface area contributed by atoms with Gasteiger partial charge in [0.2, 0.25) is 0 Å². The van der Waals surface area contributed by atoms with E-state index < -0.39 is 0 Å². The van der Waals surface area contributed by atoms with Gasteiger partial charge in [-0.3, -0.25) is 4.79 Å². The van der Waals surface area contributed by atoms with Crippen LogP contribution in [0.25, 0.3) is 0 Å². The zero-order valence-electron chi connectivity index (χ0n) is 12.9. The number of aromatic nitrogens is 1. The lowest BCUT2D eigenvalue weighted by Crippen LogP contribution is -2.16. The number of nitrogens with one attached hydrogen (secondary N) is 2. The van der Waals surface area contributed by atoms with E-state index in [9.17, 15) is 4.79 Å². The first-order chi connectivity index (χ1) is 9.95. The maximum Gasteiger partial charge on any atom is 0.274 e. The zero-order valence-corrected chi connectivity index (χ0v) is 12.9. The fourth-order valence-electron chi connectivity index (χ4n) is 1.95. The molecule has 0 fully saturated rings. The molecule has 2 rings (SSSR count). The van der Waals surface area contributed by atoms with E-state index >= 15 is 0 Å². The average Bonchev–Trinajstić information content (AvgIpc) is 2.42. The largest absolute Gasteiger partial charge is 0.368 e. The molecule has 0 unspecified atom stereocenters. The minimum absolute atomic E-state index is 0.203. The number of carbonyl (C=O) groups excluding carboxylic acids is 1. The summed E-state index contributed by atoms with van der Waals surface area (Å²) >= 11 is 0. The molecule has 1 amide bonds. The molecule has 2 N–H and O–H groups in total. The molecule has 0 aliphatic carbocycles. The third kappa shape index (κ3) is 4.05. The Balaban J connectivity index is 2.14. The van der Waals surface area contributed by atoms with Crippen LogP contribution >= 0.6 is 0 Å². The third-order valence-electron chi connectivity index (χ3n) is 3.18. The Bertz CT molecular complexity index is 650. The van der Waals surface area contributed by atoms with Gasteiger partial charge in [0.25, 0.3) is 5.91 Å². The van der Waals surface area contributed by atoms with Crippen LogP contribution in [0.5, 0.6) is 0 Å². The van der Waals surface area contributed by atoms with E-state index in [0.29, 0.717) is 11.5 Å². The first kappa shape index (κ1) is 15.0. The number of pyridine rings is 1. The Hall–Kier alpha value is -2.36. The van der Waals surface area contributed by atoms with Crippen molar-refractivity contribution in [2.75, 3.05) is 10.6 Å². The Morgan fingerprint density at radius 3 is 2.52 bits per heavy atom. The molecular weight excluding hydrogens is 262 g/mol. The summed E-state index contributed by atoms with van der Waals surface area (Å²) in [5.41, 5.74) is 3.54. The van der Waals surface area contributed by atoms with E-state index in [4.69, 9.17) is 0 Å². The van der Waals surface area contributed by atoms with E-state index in [1.165, 1.54) is 5.56 Å². The van der Waals surface area contributed by atoms with E-state index in [0.717, 1.165) is 11.3 Å². The van der Waals surface area contributed by atoms with Gasteiger partial charge in [-0.05, 0) is 63.1 Å². The van der Waals surface area contributed by atoms with Crippen molar-refractivity contribution in [1.82, 2.24) is 4.98 Å². The van der Waals surface area contributed by atoms with Gasteiger partial charge < -0.3 is 10.6 Å². The molecule has 0 aliphatic rings. The number of carbonyl (C=O) groups is 1. The molecule has 0 spiro atoms. The molecule has 110 valence electrons. The quantitative estimate of drug-likeness (QED) is 0.898. The molecule has 2 aromatic rings. The fourth-order valence-corrected chi connectivity index (χ4v) is 1.95. The van der Waals surface area contributed by atoms with Gasteiger partial charge in [-0.25, -0.2) is 4.98 Å². The molecular formula is C17H21N3O. The van der Waals surface area contributed by atoms with E-state index in [1.807, 2.05) is 58.0 Å². The molecule has 0 bridgehead atoms. The third-order valence-corrected chi connectivity index (χ3v) is 3.18. The van der Waals surface area contributed by atoms with Crippen LogP contribution in [0.3, 0.4) is 0 Å². The van der Waals surface area contributed by atoms with Crippen molar-refractivity contribution in [3.8, 4) is 0 Å². The highest BCUT2D eigenvalue weighted by Gasteiger charge is 2.09. The molecule has 1 aromatic heterocycles. The van der Waals surface area contributed by atoms with Crippen LogP contribution in [-0.2, 0) is 0 Å². The molecule has 1 heterocycles. The van der Waals surface area contributed by atoms with Crippen LogP contribution < -0.4 is 10.6 Å². The number of hydrogen-bond acceptors (Lipinski definition) is 3. The maximum absolute atomic E-state index is 12.2. The van der Waals surface area contributed by atoms with Crippen molar-refractivity contribution in [2.24, 2.45) is 0 Å². The first-order valence-electron chi connectivity index (χ1n) is 7.08. The van der Waals surface area contributed by atoms with Crippen molar-refractivity contribution in [2.45, 2.75) is 33.7 Å². The minimum atomic E-state index is -0.203. The molecule has 0 atom stereocenters. The SMILES string of the molecule is Cc1ccc(NC(=O)c2cccc(NC(C)C)n2)cc1C. The summed E-state index contributed by atoms with van der Waals surface area (Å²) in [6, 6.07) is 11.5. The second-order valence-corrected chi connectivity index (χ2v) is 5.46. The van der Waals surface area contributed by atoms with Gasteiger partial charge in [0.05, 0.1) is 0 Å². The zero-order chi connectivity index (χ0) is 15.4.